The maximum absolute atomic E-state index is 12.7. The van der Waals surface area contributed by atoms with Crippen LogP contribution in [-0.4, -0.2) is 57.5 Å². The number of hydrogen-bond acceptors (Lipinski definition) is 5. The summed E-state index contributed by atoms with van der Waals surface area (Å²) < 4.78 is 38.1. The summed E-state index contributed by atoms with van der Waals surface area (Å²) in [6.45, 7) is 0.130. The van der Waals surface area contributed by atoms with Gasteiger partial charge >= 0.3 is 12.1 Å². The van der Waals surface area contributed by atoms with Crippen molar-refractivity contribution in [2.24, 2.45) is 0 Å². The zero-order valence-electron chi connectivity index (χ0n) is 16.7. The number of likely N-dealkylation sites (tertiary alicyclic amines) is 1. The number of carboxylic acids is 1. The lowest BCUT2D eigenvalue weighted by Gasteiger charge is -2.32. The number of pyridine rings is 1. The smallest absolute Gasteiger partial charge is 0.416 e. The first-order chi connectivity index (χ1) is 15.1. The highest BCUT2D eigenvalue weighted by Crippen LogP contribution is 2.32. The summed E-state index contributed by atoms with van der Waals surface area (Å²) in [5.74, 6) is -2.82. The minimum absolute atomic E-state index is 0.0406. The fraction of sp³-hybridized carbons (Fsp3) is 0.333. The zero-order chi connectivity index (χ0) is 23.5. The molecule has 11 heteroatoms. The Morgan fingerprint density at radius 3 is 2.28 bits per heavy atom. The minimum atomic E-state index is -4.47. The minimum Gasteiger partial charge on any atom is -0.505 e. The van der Waals surface area contributed by atoms with E-state index in [1.54, 1.807) is 4.90 Å². The number of benzene rings is 1. The first-order valence-electron chi connectivity index (χ1n) is 9.71. The number of aromatic nitrogens is 1. The Bertz CT molecular complexity index is 1020. The predicted molar refractivity (Wildman–Crippen MR) is 105 cm³/mol. The van der Waals surface area contributed by atoms with Gasteiger partial charge in [0.1, 0.15) is 12.3 Å². The third kappa shape index (κ3) is 5.34. The van der Waals surface area contributed by atoms with Crippen molar-refractivity contribution in [3.63, 3.8) is 0 Å². The van der Waals surface area contributed by atoms with Crippen LogP contribution < -0.4 is 5.32 Å². The van der Waals surface area contributed by atoms with Gasteiger partial charge in [-0.05, 0) is 54.7 Å². The van der Waals surface area contributed by atoms with Crippen molar-refractivity contribution in [3.8, 4) is 5.75 Å². The van der Waals surface area contributed by atoms with Gasteiger partial charge < -0.3 is 20.4 Å². The molecule has 1 aromatic heterocycles. The van der Waals surface area contributed by atoms with Gasteiger partial charge in [-0.25, -0.2) is 4.98 Å². The van der Waals surface area contributed by atoms with E-state index in [2.05, 4.69) is 10.3 Å². The highest BCUT2D eigenvalue weighted by atomic mass is 19.4. The van der Waals surface area contributed by atoms with Crippen molar-refractivity contribution in [3.05, 3.63) is 58.9 Å². The molecule has 2 amide bonds. The molecule has 0 saturated carbocycles. The lowest BCUT2D eigenvalue weighted by molar-refractivity contribution is -0.138. The van der Waals surface area contributed by atoms with Crippen LogP contribution in [0.15, 0.2) is 36.5 Å². The van der Waals surface area contributed by atoms with Crippen LogP contribution in [0.5, 0.6) is 5.75 Å². The number of rotatable bonds is 5. The average Bonchev–Trinajstić information content (AvgIpc) is 2.76. The number of carbonyl (C=O) groups is 3. The Hall–Kier alpha value is -3.63. The number of piperidine rings is 1. The first-order valence-corrected chi connectivity index (χ1v) is 9.71. The number of halogens is 3. The Kier molecular flexibility index (Phi) is 6.66. The third-order valence-electron chi connectivity index (χ3n) is 5.22. The van der Waals surface area contributed by atoms with Gasteiger partial charge in [0.2, 0.25) is 0 Å². The van der Waals surface area contributed by atoms with Gasteiger partial charge in [0.15, 0.2) is 5.69 Å². The van der Waals surface area contributed by atoms with Crippen molar-refractivity contribution >= 4 is 17.8 Å². The number of hydrogen-bond donors (Lipinski definition) is 3. The number of aliphatic carboxylic acids is 1. The molecule has 1 aliphatic heterocycles. The molecule has 1 saturated heterocycles. The van der Waals surface area contributed by atoms with Crippen LogP contribution in [0.25, 0.3) is 0 Å². The highest BCUT2D eigenvalue weighted by Gasteiger charge is 2.31. The van der Waals surface area contributed by atoms with Crippen LogP contribution in [0.3, 0.4) is 0 Å². The fourth-order valence-corrected chi connectivity index (χ4v) is 3.51. The highest BCUT2D eigenvalue weighted by molar-refractivity contribution is 5.96. The molecule has 0 unspecified atom stereocenters. The van der Waals surface area contributed by atoms with Crippen LogP contribution >= 0.6 is 0 Å². The summed E-state index contributed by atoms with van der Waals surface area (Å²) in [7, 11) is 0. The van der Waals surface area contributed by atoms with Crippen molar-refractivity contribution in [1.82, 2.24) is 15.2 Å². The summed E-state index contributed by atoms with van der Waals surface area (Å²) in [4.78, 5) is 40.5. The number of nitrogens with zero attached hydrogens (tertiary/aromatic N) is 2. The van der Waals surface area contributed by atoms with E-state index in [-0.39, 0.29) is 28.8 Å². The number of carbonyl (C=O) groups excluding carboxylic acids is 2. The quantitative estimate of drug-likeness (QED) is 0.643. The van der Waals surface area contributed by atoms with E-state index in [4.69, 9.17) is 5.11 Å². The molecule has 0 spiro atoms. The summed E-state index contributed by atoms with van der Waals surface area (Å²) in [6, 6.07) is 5.46. The molecule has 3 N–H and O–H groups in total. The van der Waals surface area contributed by atoms with E-state index < -0.39 is 30.2 Å². The molecule has 32 heavy (non-hydrogen) atoms. The Labute approximate surface area is 180 Å². The van der Waals surface area contributed by atoms with Crippen LogP contribution in [-0.2, 0) is 11.0 Å². The molecule has 1 aliphatic rings. The van der Waals surface area contributed by atoms with Crippen LogP contribution in [0.2, 0.25) is 0 Å². The standard InChI is InChI=1S/C21H20F3N3O5/c22-21(23,24)15-3-1-13(2-4-15)20(32)27-7-5-12(6-8-27)14-9-16(28)18(25-10-14)19(31)26-11-17(29)30/h1-4,9-10,12,28H,5-8,11H2,(H,26,31)(H,29,30). The molecule has 0 bridgehead atoms. The van der Waals surface area contributed by atoms with Crippen molar-refractivity contribution < 1.29 is 37.8 Å². The van der Waals surface area contributed by atoms with Gasteiger partial charge in [-0.1, -0.05) is 0 Å². The fourth-order valence-electron chi connectivity index (χ4n) is 3.51. The largest absolute Gasteiger partial charge is 0.505 e. The van der Waals surface area contributed by atoms with Crippen LogP contribution in [0.1, 0.15) is 50.7 Å². The molecular formula is C21H20F3N3O5. The number of aromatic hydroxyl groups is 1. The van der Waals surface area contributed by atoms with Crippen molar-refractivity contribution in [2.75, 3.05) is 19.6 Å². The van der Waals surface area contributed by atoms with Gasteiger partial charge in [-0.15, -0.1) is 0 Å². The van der Waals surface area contributed by atoms with Gasteiger partial charge in [0, 0.05) is 24.8 Å². The van der Waals surface area contributed by atoms with E-state index in [1.165, 1.54) is 12.3 Å². The summed E-state index contributed by atoms with van der Waals surface area (Å²) in [6.07, 6.45) is -1.96. The van der Waals surface area contributed by atoms with E-state index in [0.29, 0.717) is 31.5 Å². The van der Waals surface area contributed by atoms with Crippen LogP contribution in [0, 0.1) is 0 Å². The molecule has 8 nitrogen and oxygen atoms in total. The molecule has 2 heterocycles. The number of amides is 2. The monoisotopic (exact) mass is 451 g/mol. The van der Waals surface area contributed by atoms with Gasteiger partial charge in [-0.2, -0.15) is 13.2 Å². The van der Waals surface area contributed by atoms with Crippen molar-refractivity contribution in [2.45, 2.75) is 24.9 Å². The lowest BCUT2D eigenvalue weighted by Crippen LogP contribution is -2.38. The Balaban J connectivity index is 1.60. The Morgan fingerprint density at radius 1 is 1.12 bits per heavy atom. The van der Waals surface area contributed by atoms with Gasteiger partial charge in [0.25, 0.3) is 11.8 Å². The van der Waals surface area contributed by atoms with Crippen molar-refractivity contribution in [1.29, 1.82) is 0 Å². The second-order valence-corrected chi connectivity index (χ2v) is 7.35. The topological polar surface area (TPSA) is 120 Å². The van der Waals surface area contributed by atoms with Crippen LogP contribution in [0.4, 0.5) is 13.2 Å². The molecule has 170 valence electrons. The number of carboxylic acid groups (broad SMARTS) is 1. The van der Waals surface area contributed by atoms with Gasteiger partial charge in [0.05, 0.1) is 5.56 Å². The summed E-state index contributed by atoms with van der Waals surface area (Å²) >= 11 is 0. The maximum Gasteiger partial charge on any atom is 0.416 e. The van der Waals surface area contributed by atoms with E-state index in [9.17, 15) is 32.7 Å². The molecule has 0 atom stereocenters. The first kappa shape index (κ1) is 23.0. The van der Waals surface area contributed by atoms with E-state index in [1.807, 2.05) is 0 Å². The third-order valence-corrected chi connectivity index (χ3v) is 5.22. The molecule has 2 aromatic rings. The predicted octanol–water partition coefficient (Wildman–Crippen LogP) is 2.64. The Morgan fingerprint density at radius 2 is 1.75 bits per heavy atom. The normalized spacial score (nSPS) is 14.8. The molecule has 0 radical (unpaired) electrons. The van der Waals surface area contributed by atoms with E-state index >= 15 is 0 Å². The number of alkyl halides is 3. The maximum atomic E-state index is 12.7. The molecular weight excluding hydrogens is 431 g/mol. The van der Waals surface area contributed by atoms with Gasteiger partial charge in [-0.3, -0.25) is 14.4 Å². The second-order valence-electron chi connectivity index (χ2n) is 7.35. The average molecular weight is 451 g/mol. The SMILES string of the molecule is O=C(O)CNC(=O)c1ncc(C2CCN(C(=O)c3ccc(C(F)(F)F)cc3)CC2)cc1O. The second kappa shape index (κ2) is 9.25. The summed E-state index contributed by atoms with van der Waals surface area (Å²) in [5.41, 5.74) is -0.267. The summed E-state index contributed by atoms with van der Waals surface area (Å²) in [5, 5.41) is 20.8. The number of nitrogens with one attached hydrogen (secondary N) is 1. The van der Waals surface area contributed by atoms with E-state index in [0.717, 1.165) is 24.3 Å². The molecule has 1 aromatic carbocycles. The molecule has 3 rings (SSSR count). The molecule has 1 fully saturated rings. The zero-order valence-corrected chi connectivity index (χ0v) is 16.7. The lowest BCUT2D eigenvalue weighted by atomic mass is 9.90. The molecule has 0 aliphatic carbocycles.